The number of anilines is 3. The van der Waals surface area contributed by atoms with Crippen molar-refractivity contribution in [1.29, 1.82) is 0 Å². The summed E-state index contributed by atoms with van der Waals surface area (Å²) in [7, 11) is 0. The van der Waals surface area contributed by atoms with Crippen LogP contribution in [-0.4, -0.2) is 0 Å². The van der Waals surface area contributed by atoms with Crippen molar-refractivity contribution in [2.75, 3.05) is 4.90 Å². The first kappa shape index (κ1) is 39.5. The van der Waals surface area contributed by atoms with E-state index in [9.17, 15) is 0 Å². The Morgan fingerprint density at radius 1 is 0.463 bits per heavy atom. The molecule has 0 radical (unpaired) electrons. The number of rotatable bonds is 6. The normalized spacial score (nSPS) is 21.9. The Kier molecular flexibility index (Phi) is 8.96. The Morgan fingerprint density at radius 3 is 1.90 bits per heavy atom. The first-order valence-corrected chi connectivity index (χ1v) is 25.5. The fourth-order valence-electron chi connectivity index (χ4n) is 15.0. The topological polar surface area (TPSA) is 16.4 Å². The number of benzene rings is 8. The molecule has 5 aliphatic carbocycles. The average Bonchev–Trinajstić information content (AvgIpc) is 3.99. The molecule has 0 amide bonds. The minimum Gasteiger partial charge on any atom is -0.456 e. The molecule has 2 nitrogen and oxygen atoms in total. The lowest BCUT2D eigenvalue weighted by molar-refractivity contribution is 0.0557. The van der Waals surface area contributed by atoms with Crippen molar-refractivity contribution in [2.24, 2.45) is 17.8 Å². The second-order valence-corrected chi connectivity index (χ2v) is 20.9. The molecule has 1 heterocycles. The van der Waals surface area contributed by atoms with E-state index in [2.05, 4.69) is 188 Å². The van der Waals surface area contributed by atoms with Gasteiger partial charge in [0.15, 0.2) is 0 Å². The molecular weight excluding hydrogens is 811 g/mol. The van der Waals surface area contributed by atoms with Gasteiger partial charge >= 0.3 is 0 Å². The molecule has 3 fully saturated rings. The molecule has 9 aromatic rings. The van der Waals surface area contributed by atoms with Crippen molar-refractivity contribution in [3.63, 3.8) is 0 Å². The predicted molar refractivity (Wildman–Crippen MR) is 279 cm³/mol. The Bertz CT molecular complexity index is 3380. The fourth-order valence-corrected chi connectivity index (χ4v) is 15.0. The molecule has 14 rings (SSSR count). The average molecular weight is 868 g/mol. The molecule has 2 heteroatoms. The van der Waals surface area contributed by atoms with Crippen LogP contribution in [0.2, 0.25) is 0 Å². The van der Waals surface area contributed by atoms with Crippen LogP contribution in [0, 0.1) is 17.8 Å². The molecule has 0 aliphatic heterocycles. The summed E-state index contributed by atoms with van der Waals surface area (Å²) in [6, 6.07) is 67.1. The maximum atomic E-state index is 6.68. The van der Waals surface area contributed by atoms with Crippen molar-refractivity contribution < 1.29 is 4.42 Å². The lowest BCUT2D eigenvalue weighted by Gasteiger charge is -2.54. The second kappa shape index (κ2) is 15.2. The maximum Gasteiger partial charge on any atom is 0.135 e. The Morgan fingerprint density at radius 2 is 1.07 bits per heavy atom. The summed E-state index contributed by atoms with van der Waals surface area (Å²) in [5, 5.41) is 2.30. The molecule has 8 aromatic carbocycles. The highest BCUT2D eigenvalue weighted by Crippen LogP contribution is 2.65. The van der Waals surface area contributed by atoms with Crippen LogP contribution in [0.3, 0.4) is 0 Å². The van der Waals surface area contributed by atoms with Gasteiger partial charge in [-0.15, -0.1) is 0 Å². The van der Waals surface area contributed by atoms with Crippen molar-refractivity contribution in [3.05, 3.63) is 198 Å². The summed E-state index contributed by atoms with van der Waals surface area (Å²) in [5.74, 6) is 2.25. The molecule has 0 saturated heterocycles. The molecule has 4 unspecified atom stereocenters. The maximum absolute atomic E-state index is 6.68. The van der Waals surface area contributed by atoms with Gasteiger partial charge in [-0.05, 0) is 177 Å². The SMILES string of the molecule is CCC1CC2CCCC(C2)C12c1ccccc1-c1ccc(-c3ccc4oc5ccc(N(c6ccc(-c7ccccc7)cc6)c6ccc7c(c6)-c6ccccc6C76CCCCC6)cc5c4c3)cc12. The number of furan rings is 1. The molecule has 3 saturated carbocycles. The summed E-state index contributed by atoms with van der Waals surface area (Å²) in [6.45, 7) is 2.46. The largest absolute Gasteiger partial charge is 0.456 e. The number of nitrogens with zero attached hydrogens (tertiary/aromatic N) is 1. The van der Waals surface area contributed by atoms with Gasteiger partial charge in [0, 0.05) is 38.7 Å². The van der Waals surface area contributed by atoms with Crippen LogP contribution in [0.1, 0.15) is 99.8 Å². The highest BCUT2D eigenvalue weighted by molar-refractivity contribution is 6.08. The summed E-state index contributed by atoms with van der Waals surface area (Å²) < 4.78 is 6.68. The fraction of sp³-hybridized carbons (Fsp3) is 0.262. The number of hydrogen-bond acceptors (Lipinski definition) is 2. The van der Waals surface area contributed by atoms with Gasteiger partial charge in [-0.1, -0.05) is 161 Å². The standard InChI is InChI=1S/C65H57NO/c1-2-47-36-42-14-13-17-48(37-42)65(47)60-21-10-8-18-52(60)54-30-24-46(39-61(54)65)45-25-32-62-56(38-45)57-41-51(29-33-63(57)67-62)66(49-26-22-44(23-27-49)43-15-5-3-6-16-43)50-28-31-59-55(40-50)53-19-7-9-20-58(53)64(59)34-11-4-12-35-64/h3,5-10,15-16,18-33,38-42,47-48H,2,4,11-14,17,34-37H2,1H3. The van der Waals surface area contributed by atoms with E-state index in [-0.39, 0.29) is 10.8 Å². The summed E-state index contributed by atoms with van der Waals surface area (Å²) in [6.07, 6.45) is 14.5. The Hall–Kier alpha value is -6.64. The summed E-state index contributed by atoms with van der Waals surface area (Å²) in [5.41, 5.74) is 22.4. The van der Waals surface area contributed by atoms with E-state index >= 15 is 0 Å². The molecule has 328 valence electrons. The molecular formula is C65H57NO. The van der Waals surface area contributed by atoms with Gasteiger partial charge in [0.1, 0.15) is 11.2 Å². The number of hydrogen-bond donors (Lipinski definition) is 0. The van der Waals surface area contributed by atoms with Crippen LogP contribution in [0.4, 0.5) is 17.1 Å². The summed E-state index contributed by atoms with van der Waals surface area (Å²) in [4.78, 5) is 2.47. The van der Waals surface area contributed by atoms with Crippen LogP contribution in [-0.2, 0) is 10.8 Å². The van der Waals surface area contributed by atoms with Gasteiger partial charge in [-0.3, -0.25) is 0 Å². The van der Waals surface area contributed by atoms with Crippen molar-refractivity contribution >= 4 is 39.0 Å². The van der Waals surface area contributed by atoms with E-state index < -0.39 is 0 Å². The zero-order valence-corrected chi connectivity index (χ0v) is 38.6. The van der Waals surface area contributed by atoms with E-state index in [1.165, 1.54) is 132 Å². The van der Waals surface area contributed by atoms with Gasteiger partial charge < -0.3 is 9.32 Å². The smallest absolute Gasteiger partial charge is 0.135 e. The van der Waals surface area contributed by atoms with Crippen LogP contribution in [0.5, 0.6) is 0 Å². The van der Waals surface area contributed by atoms with Crippen LogP contribution in [0.15, 0.2) is 180 Å². The monoisotopic (exact) mass is 867 g/mol. The van der Waals surface area contributed by atoms with Crippen molar-refractivity contribution in [3.8, 4) is 44.5 Å². The second-order valence-electron chi connectivity index (χ2n) is 20.9. The lowest BCUT2D eigenvalue weighted by atomic mass is 9.50. The summed E-state index contributed by atoms with van der Waals surface area (Å²) >= 11 is 0. The van der Waals surface area contributed by atoms with Gasteiger partial charge in [-0.2, -0.15) is 0 Å². The molecule has 1 aromatic heterocycles. The van der Waals surface area contributed by atoms with Crippen molar-refractivity contribution in [2.45, 2.75) is 88.4 Å². The van der Waals surface area contributed by atoms with E-state index in [1.54, 1.807) is 11.1 Å². The van der Waals surface area contributed by atoms with E-state index in [1.807, 2.05) is 0 Å². The molecule has 5 aliphatic rings. The third-order valence-corrected chi connectivity index (χ3v) is 17.8. The molecule has 4 atom stereocenters. The van der Waals surface area contributed by atoms with E-state index in [0.29, 0.717) is 11.8 Å². The minimum absolute atomic E-state index is 0.0916. The quantitative estimate of drug-likeness (QED) is 0.166. The third kappa shape index (κ3) is 5.81. The first-order valence-electron chi connectivity index (χ1n) is 25.5. The highest BCUT2D eigenvalue weighted by Gasteiger charge is 2.56. The molecule has 2 bridgehead atoms. The van der Waals surface area contributed by atoms with Crippen LogP contribution < -0.4 is 4.90 Å². The Balaban J connectivity index is 0.905. The minimum atomic E-state index is 0.0916. The first-order chi connectivity index (χ1) is 33.1. The highest BCUT2D eigenvalue weighted by atomic mass is 16.3. The van der Waals surface area contributed by atoms with Gasteiger partial charge in [0.05, 0.1) is 0 Å². The van der Waals surface area contributed by atoms with E-state index in [4.69, 9.17) is 4.42 Å². The molecule has 2 spiro atoms. The van der Waals surface area contributed by atoms with Gasteiger partial charge in [-0.25, -0.2) is 0 Å². The van der Waals surface area contributed by atoms with Gasteiger partial charge in [0.25, 0.3) is 0 Å². The number of fused-ring (bicyclic) bond motifs is 16. The van der Waals surface area contributed by atoms with Crippen LogP contribution in [0.25, 0.3) is 66.4 Å². The van der Waals surface area contributed by atoms with Crippen molar-refractivity contribution in [1.82, 2.24) is 0 Å². The van der Waals surface area contributed by atoms with Crippen LogP contribution >= 0.6 is 0 Å². The van der Waals surface area contributed by atoms with E-state index in [0.717, 1.165) is 39.2 Å². The molecule has 0 N–H and O–H groups in total. The third-order valence-electron chi connectivity index (χ3n) is 17.8. The Labute approximate surface area is 395 Å². The zero-order chi connectivity index (χ0) is 44.3. The zero-order valence-electron chi connectivity index (χ0n) is 38.6. The van der Waals surface area contributed by atoms with Gasteiger partial charge in [0.2, 0.25) is 0 Å². The predicted octanol–water partition coefficient (Wildman–Crippen LogP) is 18.1. The molecule has 67 heavy (non-hydrogen) atoms. The lowest BCUT2D eigenvalue weighted by Crippen LogP contribution is -2.48.